The van der Waals surface area contributed by atoms with E-state index in [0.717, 1.165) is 22.7 Å². The van der Waals surface area contributed by atoms with E-state index < -0.39 is 0 Å². The van der Waals surface area contributed by atoms with Crippen LogP contribution < -0.4 is 10.5 Å². The average Bonchev–Trinajstić information content (AvgIpc) is 2.61. The molecule has 2 N–H and O–H groups in total. The second-order valence-electron chi connectivity index (χ2n) is 5.96. The molecule has 4 nitrogen and oxygen atoms in total. The van der Waals surface area contributed by atoms with Crippen molar-refractivity contribution in [2.24, 2.45) is 5.92 Å². The molecule has 1 aliphatic carbocycles. The summed E-state index contributed by atoms with van der Waals surface area (Å²) in [5, 5.41) is 0. The van der Waals surface area contributed by atoms with Gasteiger partial charge in [0.2, 0.25) is 5.95 Å². The quantitative estimate of drug-likeness (QED) is 0.847. The molecular weight excluding hydrogens is 250 g/mol. The minimum absolute atomic E-state index is 0.469. The van der Waals surface area contributed by atoms with Crippen molar-refractivity contribution in [3.8, 4) is 5.75 Å². The lowest BCUT2D eigenvalue weighted by Crippen LogP contribution is -2.11. The predicted octanol–water partition coefficient (Wildman–Crippen LogP) is 3.77. The molecule has 0 radical (unpaired) electrons. The van der Waals surface area contributed by atoms with Gasteiger partial charge >= 0.3 is 0 Å². The van der Waals surface area contributed by atoms with Gasteiger partial charge in [-0.1, -0.05) is 19.8 Å². The summed E-state index contributed by atoms with van der Waals surface area (Å²) in [7, 11) is 1.69. The number of imidazole rings is 1. The summed E-state index contributed by atoms with van der Waals surface area (Å²) in [5.74, 6) is 2.32. The number of anilines is 1. The Kier molecular flexibility index (Phi) is 3.55. The lowest BCUT2D eigenvalue weighted by Gasteiger charge is -2.18. The zero-order valence-corrected chi connectivity index (χ0v) is 12.3. The van der Waals surface area contributed by atoms with E-state index in [1.165, 1.54) is 32.1 Å². The number of methoxy groups -OCH3 is 1. The van der Waals surface area contributed by atoms with Gasteiger partial charge in [-0.3, -0.25) is 0 Å². The number of nitrogen functional groups attached to an aromatic ring is 1. The van der Waals surface area contributed by atoms with E-state index in [0.29, 0.717) is 12.0 Å². The third-order valence-corrected chi connectivity index (χ3v) is 4.52. The summed E-state index contributed by atoms with van der Waals surface area (Å²) in [4.78, 5) is 4.50. The van der Waals surface area contributed by atoms with E-state index >= 15 is 0 Å². The van der Waals surface area contributed by atoms with Crippen LogP contribution in [-0.2, 0) is 0 Å². The molecule has 20 heavy (non-hydrogen) atoms. The molecule has 2 atom stereocenters. The molecule has 2 aromatic rings. The molecule has 4 heteroatoms. The van der Waals surface area contributed by atoms with Gasteiger partial charge in [0.1, 0.15) is 5.75 Å². The van der Waals surface area contributed by atoms with E-state index in [-0.39, 0.29) is 0 Å². The van der Waals surface area contributed by atoms with Gasteiger partial charge in [-0.15, -0.1) is 0 Å². The van der Waals surface area contributed by atoms with Crippen LogP contribution in [0.4, 0.5) is 5.95 Å². The topological polar surface area (TPSA) is 53.1 Å². The van der Waals surface area contributed by atoms with Crippen molar-refractivity contribution >= 4 is 17.0 Å². The summed E-state index contributed by atoms with van der Waals surface area (Å²) in [6.07, 6.45) is 6.25. The number of aromatic nitrogens is 2. The van der Waals surface area contributed by atoms with Crippen LogP contribution in [0.15, 0.2) is 18.2 Å². The summed E-state index contributed by atoms with van der Waals surface area (Å²) in [6, 6.07) is 6.44. The molecule has 1 heterocycles. The number of fused-ring (bicyclic) bond motifs is 1. The van der Waals surface area contributed by atoms with Crippen LogP contribution in [0.25, 0.3) is 11.0 Å². The maximum absolute atomic E-state index is 6.17. The first-order chi connectivity index (χ1) is 9.69. The molecule has 0 saturated heterocycles. The zero-order chi connectivity index (χ0) is 14.1. The van der Waals surface area contributed by atoms with Gasteiger partial charge in [0, 0.05) is 12.1 Å². The summed E-state index contributed by atoms with van der Waals surface area (Å²) in [6.45, 7) is 2.35. The van der Waals surface area contributed by atoms with Crippen molar-refractivity contribution in [3.05, 3.63) is 18.2 Å². The van der Waals surface area contributed by atoms with E-state index in [1.807, 2.05) is 18.2 Å². The highest BCUT2D eigenvalue weighted by molar-refractivity contribution is 5.80. The molecular formula is C16H23N3O. The molecule has 0 aliphatic heterocycles. The SMILES string of the molecule is COc1ccc2nc(N)n(C3CCCC(C)CC3)c2c1. The van der Waals surface area contributed by atoms with Gasteiger partial charge in [-0.25, -0.2) is 4.98 Å². The number of hydrogen-bond acceptors (Lipinski definition) is 3. The van der Waals surface area contributed by atoms with Crippen LogP contribution in [0.1, 0.15) is 45.1 Å². The lowest BCUT2D eigenvalue weighted by atomic mass is 10.0. The Morgan fingerprint density at radius 1 is 1.25 bits per heavy atom. The van der Waals surface area contributed by atoms with Crippen molar-refractivity contribution in [1.29, 1.82) is 0 Å². The Balaban J connectivity index is 2.02. The second-order valence-corrected chi connectivity index (χ2v) is 5.96. The lowest BCUT2D eigenvalue weighted by molar-refractivity contribution is 0.414. The van der Waals surface area contributed by atoms with Crippen LogP contribution in [0.2, 0.25) is 0 Å². The fraction of sp³-hybridized carbons (Fsp3) is 0.562. The van der Waals surface area contributed by atoms with Crippen molar-refractivity contribution < 1.29 is 4.74 Å². The molecule has 108 valence electrons. The molecule has 3 rings (SSSR count). The number of nitrogens with two attached hydrogens (primary N) is 1. The smallest absolute Gasteiger partial charge is 0.201 e. The normalized spacial score (nSPS) is 23.7. The summed E-state index contributed by atoms with van der Waals surface area (Å²) >= 11 is 0. The average molecular weight is 273 g/mol. The molecule has 1 aromatic heterocycles. The maximum Gasteiger partial charge on any atom is 0.201 e. The zero-order valence-electron chi connectivity index (χ0n) is 12.3. The van der Waals surface area contributed by atoms with Crippen molar-refractivity contribution in [3.63, 3.8) is 0 Å². The first kappa shape index (κ1) is 13.3. The Morgan fingerprint density at radius 3 is 2.90 bits per heavy atom. The van der Waals surface area contributed by atoms with Gasteiger partial charge in [0.25, 0.3) is 0 Å². The number of hydrogen-bond donors (Lipinski definition) is 1. The summed E-state index contributed by atoms with van der Waals surface area (Å²) < 4.78 is 7.55. The fourth-order valence-corrected chi connectivity index (χ4v) is 3.33. The maximum atomic E-state index is 6.17. The summed E-state index contributed by atoms with van der Waals surface area (Å²) in [5.41, 5.74) is 8.23. The molecule has 0 bridgehead atoms. The molecule has 1 saturated carbocycles. The highest BCUT2D eigenvalue weighted by Gasteiger charge is 2.21. The van der Waals surface area contributed by atoms with E-state index in [4.69, 9.17) is 10.5 Å². The molecule has 1 aromatic carbocycles. The molecule has 0 spiro atoms. The van der Waals surface area contributed by atoms with Gasteiger partial charge in [-0.2, -0.15) is 0 Å². The van der Waals surface area contributed by atoms with Crippen molar-refractivity contribution in [2.45, 2.75) is 45.1 Å². The molecule has 2 unspecified atom stereocenters. The first-order valence-corrected chi connectivity index (χ1v) is 7.50. The van der Waals surface area contributed by atoms with Crippen molar-refractivity contribution in [1.82, 2.24) is 9.55 Å². The minimum Gasteiger partial charge on any atom is -0.497 e. The Bertz CT molecular complexity index is 605. The Hall–Kier alpha value is -1.71. The van der Waals surface area contributed by atoms with Gasteiger partial charge in [0.15, 0.2) is 0 Å². The minimum atomic E-state index is 0.469. The molecule has 1 fully saturated rings. The first-order valence-electron chi connectivity index (χ1n) is 7.50. The highest BCUT2D eigenvalue weighted by Crippen LogP contribution is 2.35. The largest absolute Gasteiger partial charge is 0.497 e. The third-order valence-electron chi connectivity index (χ3n) is 4.52. The third kappa shape index (κ3) is 2.35. The van der Waals surface area contributed by atoms with Crippen molar-refractivity contribution in [2.75, 3.05) is 12.8 Å². The second kappa shape index (κ2) is 5.35. The Morgan fingerprint density at radius 2 is 2.10 bits per heavy atom. The predicted molar refractivity (Wildman–Crippen MR) is 82.0 cm³/mol. The van der Waals surface area contributed by atoms with E-state index in [9.17, 15) is 0 Å². The number of ether oxygens (including phenoxy) is 1. The fourth-order valence-electron chi connectivity index (χ4n) is 3.33. The van der Waals surface area contributed by atoms with Crippen LogP contribution in [-0.4, -0.2) is 16.7 Å². The molecule has 0 amide bonds. The standard InChI is InChI=1S/C16H23N3O/c1-11-4-3-5-12(7-6-11)19-15-10-13(20-2)8-9-14(15)18-16(19)17/h8-12H,3-7H2,1-2H3,(H2,17,18). The monoisotopic (exact) mass is 273 g/mol. The van der Waals surface area contributed by atoms with E-state index in [1.54, 1.807) is 7.11 Å². The van der Waals surface area contributed by atoms with Crippen LogP contribution >= 0.6 is 0 Å². The van der Waals surface area contributed by atoms with Crippen LogP contribution in [0, 0.1) is 5.92 Å². The number of nitrogens with zero attached hydrogens (tertiary/aromatic N) is 2. The van der Waals surface area contributed by atoms with Gasteiger partial charge in [0.05, 0.1) is 18.1 Å². The highest BCUT2D eigenvalue weighted by atomic mass is 16.5. The number of rotatable bonds is 2. The number of benzene rings is 1. The van der Waals surface area contributed by atoms with E-state index in [2.05, 4.69) is 16.5 Å². The van der Waals surface area contributed by atoms with Crippen LogP contribution in [0.5, 0.6) is 5.75 Å². The molecule has 1 aliphatic rings. The van der Waals surface area contributed by atoms with Gasteiger partial charge < -0.3 is 15.0 Å². The van der Waals surface area contributed by atoms with Crippen LogP contribution in [0.3, 0.4) is 0 Å². The van der Waals surface area contributed by atoms with Gasteiger partial charge in [-0.05, 0) is 37.3 Å². The Labute approximate surface area is 119 Å².